The van der Waals surface area contributed by atoms with Gasteiger partial charge in [0, 0.05) is 12.2 Å². The van der Waals surface area contributed by atoms with Gasteiger partial charge in [-0.2, -0.15) is 5.10 Å². The van der Waals surface area contributed by atoms with Gasteiger partial charge in [-0.15, -0.1) is 0 Å². The Balaban J connectivity index is 1.95. The second-order valence-electron chi connectivity index (χ2n) is 3.65. The van der Waals surface area contributed by atoms with Crippen LogP contribution in [0.1, 0.15) is 26.2 Å². The zero-order chi connectivity index (χ0) is 8.39. The predicted octanol–water partition coefficient (Wildman–Crippen LogP) is 2.01. The van der Waals surface area contributed by atoms with E-state index in [9.17, 15) is 0 Å². The minimum Gasteiger partial charge on any atom is -0.380 e. The van der Waals surface area contributed by atoms with Crippen LogP contribution in [0.5, 0.6) is 0 Å². The van der Waals surface area contributed by atoms with Gasteiger partial charge < -0.3 is 5.32 Å². The van der Waals surface area contributed by atoms with E-state index < -0.39 is 0 Å². The third kappa shape index (κ3) is 1.44. The summed E-state index contributed by atoms with van der Waals surface area (Å²) in [4.78, 5) is 0. The summed E-state index contributed by atoms with van der Waals surface area (Å²) in [6.07, 6.45) is 7.76. The van der Waals surface area contributed by atoms with E-state index in [4.69, 9.17) is 0 Å². The summed E-state index contributed by atoms with van der Waals surface area (Å²) in [7, 11) is 0. The number of hydrogen-bond acceptors (Lipinski definition) is 2. The predicted molar refractivity (Wildman–Crippen MR) is 49.0 cm³/mol. The number of nitrogens with one attached hydrogen (secondary N) is 2. The van der Waals surface area contributed by atoms with Crippen molar-refractivity contribution in [2.45, 2.75) is 32.2 Å². The largest absolute Gasteiger partial charge is 0.380 e. The van der Waals surface area contributed by atoms with Gasteiger partial charge >= 0.3 is 0 Å². The summed E-state index contributed by atoms with van der Waals surface area (Å²) < 4.78 is 0. The van der Waals surface area contributed by atoms with Crippen molar-refractivity contribution in [1.29, 1.82) is 0 Å². The molecule has 1 heterocycles. The first-order valence-corrected chi connectivity index (χ1v) is 4.61. The van der Waals surface area contributed by atoms with E-state index in [1.165, 1.54) is 19.3 Å². The summed E-state index contributed by atoms with van der Waals surface area (Å²) in [5.41, 5.74) is 1.12. The zero-order valence-electron chi connectivity index (χ0n) is 7.38. The van der Waals surface area contributed by atoms with Crippen LogP contribution in [0.3, 0.4) is 0 Å². The highest BCUT2D eigenvalue weighted by Gasteiger charge is 2.22. The first-order chi connectivity index (χ1) is 5.86. The smallest absolute Gasteiger partial charge is 0.0726 e. The molecule has 0 spiro atoms. The van der Waals surface area contributed by atoms with Crippen LogP contribution in [0.25, 0.3) is 0 Å². The first-order valence-electron chi connectivity index (χ1n) is 4.61. The Morgan fingerprint density at radius 1 is 1.58 bits per heavy atom. The van der Waals surface area contributed by atoms with Gasteiger partial charge in [-0.3, -0.25) is 5.10 Å². The fraction of sp³-hybridized carbons (Fsp3) is 0.667. The molecule has 2 unspecified atom stereocenters. The fourth-order valence-electron chi connectivity index (χ4n) is 1.90. The number of H-pyrrole nitrogens is 1. The van der Waals surface area contributed by atoms with Crippen LogP contribution in [0.4, 0.5) is 5.69 Å². The molecule has 66 valence electrons. The van der Waals surface area contributed by atoms with Crippen LogP contribution in [0.15, 0.2) is 12.4 Å². The first kappa shape index (κ1) is 7.65. The zero-order valence-corrected chi connectivity index (χ0v) is 7.38. The molecule has 1 saturated carbocycles. The highest BCUT2D eigenvalue weighted by Crippen LogP contribution is 2.27. The number of nitrogens with zero attached hydrogens (tertiary/aromatic N) is 1. The van der Waals surface area contributed by atoms with E-state index in [0.717, 1.165) is 11.6 Å². The molecule has 1 aliphatic rings. The van der Waals surface area contributed by atoms with Crippen LogP contribution in [0, 0.1) is 5.92 Å². The molecule has 2 N–H and O–H groups in total. The van der Waals surface area contributed by atoms with E-state index in [1.54, 1.807) is 0 Å². The molecule has 0 bridgehead atoms. The molecular weight excluding hydrogens is 150 g/mol. The topological polar surface area (TPSA) is 40.7 Å². The van der Waals surface area contributed by atoms with Crippen LogP contribution in [-0.4, -0.2) is 16.2 Å². The molecule has 2 rings (SSSR count). The van der Waals surface area contributed by atoms with Gasteiger partial charge in [0.25, 0.3) is 0 Å². The van der Waals surface area contributed by atoms with Crippen molar-refractivity contribution in [1.82, 2.24) is 10.2 Å². The third-order valence-corrected chi connectivity index (χ3v) is 2.71. The van der Waals surface area contributed by atoms with Crippen molar-refractivity contribution in [2.75, 3.05) is 5.32 Å². The number of rotatable bonds is 2. The molecule has 0 aromatic carbocycles. The van der Waals surface area contributed by atoms with Crippen LogP contribution < -0.4 is 5.32 Å². The Morgan fingerprint density at radius 3 is 3.08 bits per heavy atom. The minimum atomic E-state index is 0.655. The van der Waals surface area contributed by atoms with Crippen molar-refractivity contribution in [3.63, 3.8) is 0 Å². The Labute approximate surface area is 72.6 Å². The molecule has 1 fully saturated rings. The van der Waals surface area contributed by atoms with Crippen molar-refractivity contribution < 1.29 is 0 Å². The lowest BCUT2D eigenvalue weighted by atomic mass is 10.1. The molecule has 1 aliphatic carbocycles. The highest BCUT2D eigenvalue weighted by atomic mass is 15.1. The third-order valence-electron chi connectivity index (χ3n) is 2.71. The van der Waals surface area contributed by atoms with Crippen LogP contribution in [-0.2, 0) is 0 Å². The van der Waals surface area contributed by atoms with Gasteiger partial charge in [-0.05, 0) is 18.8 Å². The molecule has 3 nitrogen and oxygen atoms in total. The molecule has 1 aromatic rings. The second kappa shape index (κ2) is 3.17. The monoisotopic (exact) mass is 165 g/mol. The average molecular weight is 165 g/mol. The van der Waals surface area contributed by atoms with Gasteiger partial charge in [-0.25, -0.2) is 0 Å². The Morgan fingerprint density at radius 2 is 2.50 bits per heavy atom. The van der Waals surface area contributed by atoms with Gasteiger partial charge in [0.2, 0.25) is 0 Å². The van der Waals surface area contributed by atoms with Crippen molar-refractivity contribution in [3.05, 3.63) is 12.4 Å². The summed E-state index contributed by atoms with van der Waals surface area (Å²) in [6.45, 7) is 2.31. The molecule has 0 radical (unpaired) electrons. The van der Waals surface area contributed by atoms with Crippen molar-refractivity contribution in [2.24, 2.45) is 5.92 Å². The fourth-order valence-corrected chi connectivity index (χ4v) is 1.90. The van der Waals surface area contributed by atoms with Gasteiger partial charge in [0.05, 0.1) is 11.9 Å². The van der Waals surface area contributed by atoms with Gasteiger partial charge in [0.1, 0.15) is 0 Å². The Hall–Kier alpha value is -0.990. The lowest BCUT2D eigenvalue weighted by molar-refractivity contribution is 0.556. The molecule has 2 atom stereocenters. The van der Waals surface area contributed by atoms with Crippen molar-refractivity contribution >= 4 is 5.69 Å². The van der Waals surface area contributed by atoms with E-state index >= 15 is 0 Å². The standard InChI is InChI=1S/C9H15N3/c1-7-3-2-4-9(7)12-8-5-10-11-6-8/h5-7,9,12H,2-4H2,1H3,(H,10,11). The summed E-state index contributed by atoms with van der Waals surface area (Å²) in [6, 6.07) is 0.655. The van der Waals surface area contributed by atoms with Gasteiger partial charge in [0.15, 0.2) is 0 Å². The number of hydrogen-bond donors (Lipinski definition) is 2. The molecule has 0 saturated heterocycles. The van der Waals surface area contributed by atoms with E-state index in [1.807, 2.05) is 12.4 Å². The molecule has 12 heavy (non-hydrogen) atoms. The van der Waals surface area contributed by atoms with Crippen LogP contribution in [0.2, 0.25) is 0 Å². The maximum Gasteiger partial charge on any atom is 0.0726 e. The van der Waals surface area contributed by atoms with E-state index in [0.29, 0.717) is 6.04 Å². The lowest BCUT2D eigenvalue weighted by Gasteiger charge is -2.16. The molecule has 0 aliphatic heterocycles. The van der Waals surface area contributed by atoms with E-state index in [2.05, 4.69) is 22.4 Å². The minimum absolute atomic E-state index is 0.655. The Kier molecular flexibility index (Phi) is 2.02. The molecular formula is C9H15N3. The molecule has 0 amide bonds. The number of aromatic amines is 1. The summed E-state index contributed by atoms with van der Waals surface area (Å²) in [5.74, 6) is 0.805. The van der Waals surface area contributed by atoms with Gasteiger partial charge in [-0.1, -0.05) is 13.3 Å². The second-order valence-corrected chi connectivity index (χ2v) is 3.65. The summed E-state index contributed by atoms with van der Waals surface area (Å²) in [5, 5.41) is 10.2. The summed E-state index contributed by atoms with van der Waals surface area (Å²) >= 11 is 0. The molecule has 1 aromatic heterocycles. The van der Waals surface area contributed by atoms with E-state index in [-0.39, 0.29) is 0 Å². The SMILES string of the molecule is CC1CCCC1Nc1cn[nH]c1. The average Bonchev–Trinajstić information content (AvgIpc) is 2.65. The maximum absolute atomic E-state index is 3.90. The number of anilines is 1. The normalized spacial score (nSPS) is 29.1. The number of aromatic nitrogens is 2. The van der Waals surface area contributed by atoms with Crippen molar-refractivity contribution in [3.8, 4) is 0 Å². The quantitative estimate of drug-likeness (QED) is 0.703. The highest BCUT2D eigenvalue weighted by molar-refractivity contribution is 5.39. The van der Waals surface area contributed by atoms with Crippen LogP contribution >= 0.6 is 0 Å². The lowest BCUT2D eigenvalue weighted by Crippen LogP contribution is -2.21. The maximum atomic E-state index is 3.90. The molecule has 3 heteroatoms. The Bertz CT molecular complexity index is 230.